The van der Waals surface area contributed by atoms with E-state index in [9.17, 15) is 4.79 Å². The molecule has 1 fully saturated rings. The maximum atomic E-state index is 12.3. The van der Waals surface area contributed by atoms with E-state index in [1.807, 2.05) is 31.2 Å². The van der Waals surface area contributed by atoms with Crippen LogP contribution in [0.25, 0.3) is 10.9 Å². The number of carbonyl (C=O) groups excluding carboxylic acids is 1. The summed E-state index contributed by atoms with van der Waals surface area (Å²) in [5.74, 6) is 0.866. The van der Waals surface area contributed by atoms with E-state index in [2.05, 4.69) is 25.5 Å². The lowest BCUT2D eigenvalue weighted by atomic mass is 10.1. The Hall–Kier alpha value is -2.21. The number of hydrogen-bond donors (Lipinski definition) is 2. The molecule has 1 saturated heterocycles. The second-order valence-electron chi connectivity index (χ2n) is 5.02. The molecule has 1 atom stereocenters. The zero-order valence-electron chi connectivity index (χ0n) is 12.0. The Kier molecular flexibility index (Phi) is 3.96. The molecule has 3 rings (SSSR count). The quantitative estimate of drug-likeness (QED) is 0.861. The molecule has 1 aliphatic rings. The maximum absolute atomic E-state index is 12.3. The number of amides is 1. The lowest BCUT2D eigenvalue weighted by Crippen LogP contribution is -2.58. The number of para-hydroxylation sites is 1. The van der Waals surface area contributed by atoms with Crippen molar-refractivity contribution in [1.29, 1.82) is 0 Å². The lowest BCUT2D eigenvalue weighted by Gasteiger charge is -2.36. The number of carbonyl (C=O) groups is 1. The second-order valence-corrected chi connectivity index (χ2v) is 5.02. The highest BCUT2D eigenvalue weighted by molar-refractivity contribution is 5.93. The van der Waals surface area contributed by atoms with Crippen molar-refractivity contribution < 1.29 is 4.79 Å². The molecule has 2 heterocycles. The van der Waals surface area contributed by atoms with Crippen molar-refractivity contribution in [1.82, 2.24) is 20.6 Å². The minimum absolute atomic E-state index is 0.0346. The highest BCUT2D eigenvalue weighted by atomic mass is 16.2. The Labute approximate surface area is 123 Å². The monoisotopic (exact) mass is 285 g/mol. The first kappa shape index (κ1) is 13.8. The first-order chi connectivity index (χ1) is 10.3. The van der Waals surface area contributed by atoms with Gasteiger partial charge in [-0.1, -0.05) is 12.1 Å². The predicted molar refractivity (Wildman–Crippen MR) is 82.2 cm³/mol. The molecule has 1 aromatic carbocycles. The van der Waals surface area contributed by atoms with Crippen molar-refractivity contribution in [2.75, 3.05) is 31.1 Å². The third kappa shape index (κ3) is 2.67. The summed E-state index contributed by atoms with van der Waals surface area (Å²) in [5.41, 5.74) is 0.899. The molecule has 0 spiro atoms. The molecular weight excluding hydrogens is 266 g/mol. The van der Waals surface area contributed by atoms with Gasteiger partial charge in [-0.15, -0.1) is 0 Å². The molecule has 0 saturated carbocycles. The van der Waals surface area contributed by atoms with E-state index in [4.69, 9.17) is 0 Å². The summed E-state index contributed by atoms with van der Waals surface area (Å²) in [5, 5.41) is 7.16. The fourth-order valence-corrected chi connectivity index (χ4v) is 2.70. The molecule has 2 aromatic rings. The summed E-state index contributed by atoms with van der Waals surface area (Å²) in [7, 11) is 0. The van der Waals surface area contributed by atoms with Crippen LogP contribution in [0.15, 0.2) is 30.6 Å². The number of benzene rings is 1. The summed E-state index contributed by atoms with van der Waals surface area (Å²) >= 11 is 0. The maximum Gasteiger partial charge on any atom is 0.244 e. The number of rotatable bonds is 3. The smallest absolute Gasteiger partial charge is 0.244 e. The van der Waals surface area contributed by atoms with E-state index >= 15 is 0 Å². The van der Waals surface area contributed by atoms with Gasteiger partial charge in [0.25, 0.3) is 0 Å². The summed E-state index contributed by atoms with van der Waals surface area (Å²) < 4.78 is 0. The van der Waals surface area contributed by atoms with Crippen LogP contribution in [0, 0.1) is 0 Å². The fourth-order valence-electron chi connectivity index (χ4n) is 2.70. The Morgan fingerprint density at radius 2 is 2.29 bits per heavy atom. The Bertz CT molecular complexity index is 640. The van der Waals surface area contributed by atoms with Crippen LogP contribution in [0.5, 0.6) is 0 Å². The first-order valence-electron chi connectivity index (χ1n) is 7.26. The normalized spacial score (nSPS) is 18.7. The SMILES string of the molecule is CCNC(=O)C1CNCCN1c1ncnc2ccccc12. The van der Waals surface area contributed by atoms with E-state index in [1.54, 1.807) is 6.33 Å². The van der Waals surface area contributed by atoms with Crippen LogP contribution in [-0.2, 0) is 4.79 Å². The number of aromatic nitrogens is 2. The first-order valence-corrected chi connectivity index (χ1v) is 7.26. The van der Waals surface area contributed by atoms with Crippen LogP contribution in [-0.4, -0.2) is 48.1 Å². The van der Waals surface area contributed by atoms with Gasteiger partial charge in [0.05, 0.1) is 5.52 Å². The average molecular weight is 285 g/mol. The van der Waals surface area contributed by atoms with E-state index in [1.165, 1.54) is 0 Å². The fraction of sp³-hybridized carbons (Fsp3) is 0.400. The molecule has 2 N–H and O–H groups in total. The minimum Gasteiger partial charge on any atom is -0.355 e. The zero-order valence-corrected chi connectivity index (χ0v) is 12.0. The zero-order chi connectivity index (χ0) is 14.7. The van der Waals surface area contributed by atoms with Crippen LogP contribution in [0.1, 0.15) is 6.92 Å². The Morgan fingerprint density at radius 3 is 3.14 bits per heavy atom. The topological polar surface area (TPSA) is 70.2 Å². The van der Waals surface area contributed by atoms with E-state index < -0.39 is 0 Å². The Morgan fingerprint density at radius 1 is 1.43 bits per heavy atom. The van der Waals surface area contributed by atoms with Crippen LogP contribution in [0.3, 0.4) is 0 Å². The number of fused-ring (bicyclic) bond motifs is 1. The number of nitrogens with one attached hydrogen (secondary N) is 2. The number of hydrogen-bond acceptors (Lipinski definition) is 5. The summed E-state index contributed by atoms with van der Waals surface area (Å²) in [4.78, 5) is 23.1. The molecule has 21 heavy (non-hydrogen) atoms. The molecule has 0 bridgehead atoms. The molecule has 1 aromatic heterocycles. The average Bonchev–Trinajstić information content (AvgIpc) is 2.54. The molecular formula is C15H19N5O. The number of piperazine rings is 1. The van der Waals surface area contributed by atoms with Gasteiger partial charge in [-0.25, -0.2) is 9.97 Å². The number of nitrogens with zero attached hydrogens (tertiary/aromatic N) is 3. The largest absolute Gasteiger partial charge is 0.355 e. The molecule has 0 aliphatic carbocycles. The van der Waals surface area contributed by atoms with Crippen LogP contribution >= 0.6 is 0 Å². The van der Waals surface area contributed by atoms with Gasteiger partial charge < -0.3 is 15.5 Å². The van der Waals surface area contributed by atoms with Crippen LogP contribution in [0.2, 0.25) is 0 Å². The molecule has 1 aliphatic heterocycles. The molecule has 1 amide bonds. The number of likely N-dealkylation sites (N-methyl/N-ethyl adjacent to an activating group) is 1. The van der Waals surface area contributed by atoms with Crippen molar-refractivity contribution in [2.45, 2.75) is 13.0 Å². The highest BCUT2D eigenvalue weighted by Crippen LogP contribution is 2.24. The third-order valence-electron chi connectivity index (χ3n) is 3.69. The van der Waals surface area contributed by atoms with Crippen molar-refractivity contribution in [2.24, 2.45) is 0 Å². The third-order valence-corrected chi connectivity index (χ3v) is 3.69. The van der Waals surface area contributed by atoms with Crippen LogP contribution in [0.4, 0.5) is 5.82 Å². The standard InChI is InChI=1S/C15H19N5O/c1-2-17-15(21)13-9-16-7-8-20(13)14-11-5-3-4-6-12(11)18-10-19-14/h3-6,10,13,16H,2,7-9H2,1H3,(H,17,21). The van der Waals surface area contributed by atoms with Crippen molar-refractivity contribution in [3.05, 3.63) is 30.6 Å². The van der Waals surface area contributed by atoms with E-state index in [0.717, 1.165) is 29.8 Å². The van der Waals surface area contributed by atoms with E-state index in [-0.39, 0.29) is 11.9 Å². The van der Waals surface area contributed by atoms with Gasteiger partial charge in [0, 0.05) is 31.6 Å². The summed E-state index contributed by atoms with van der Waals surface area (Å²) in [6, 6.07) is 7.65. The van der Waals surface area contributed by atoms with Crippen molar-refractivity contribution in [3.63, 3.8) is 0 Å². The van der Waals surface area contributed by atoms with Crippen molar-refractivity contribution >= 4 is 22.6 Å². The number of anilines is 1. The molecule has 110 valence electrons. The molecule has 6 nitrogen and oxygen atoms in total. The second kappa shape index (κ2) is 6.05. The van der Waals surface area contributed by atoms with Crippen molar-refractivity contribution in [3.8, 4) is 0 Å². The Balaban J connectivity index is 2.00. The van der Waals surface area contributed by atoms with Gasteiger partial charge in [-0.2, -0.15) is 0 Å². The summed E-state index contributed by atoms with van der Waals surface area (Å²) in [6.07, 6.45) is 1.56. The van der Waals surface area contributed by atoms with Gasteiger partial charge in [0.2, 0.25) is 5.91 Å². The van der Waals surface area contributed by atoms with Gasteiger partial charge in [0.1, 0.15) is 18.2 Å². The summed E-state index contributed by atoms with van der Waals surface area (Å²) in [6.45, 7) is 4.79. The lowest BCUT2D eigenvalue weighted by molar-refractivity contribution is -0.122. The van der Waals surface area contributed by atoms with Gasteiger partial charge in [-0.3, -0.25) is 4.79 Å². The molecule has 0 radical (unpaired) electrons. The van der Waals surface area contributed by atoms with Gasteiger partial charge >= 0.3 is 0 Å². The van der Waals surface area contributed by atoms with Gasteiger partial charge in [-0.05, 0) is 19.1 Å². The minimum atomic E-state index is -0.239. The van der Waals surface area contributed by atoms with E-state index in [0.29, 0.717) is 13.1 Å². The highest BCUT2D eigenvalue weighted by Gasteiger charge is 2.30. The predicted octanol–water partition coefficient (Wildman–Crippen LogP) is 0.544. The van der Waals surface area contributed by atoms with Crippen LogP contribution < -0.4 is 15.5 Å². The molecule has 1 unspecified atom stereocenters. The molecule has 6 heteroatoms. The van der Waals surface area contributed by atoms with Gasteiger partial charge in [0.15, 0.2) is 0 Å².